The minimum atomic E-state index is -3.19. The first-order valence-electron chi connectivity index (χ1n) is 8.69. The van der Waals surface area contributed by atoms with Crippen molar-refractivity contribution in [2.75, 3.05) is 50.1 Å². The fourth-order valence-electron chi connectivity index (χ4n) is 2.81. The van der Waals surface area contributed by atoms with E-state index in [-0.39, 0.29) is 49.3 Å². The summed E-state index contributed by atoms with van der Waals surface area (Å²) in [6.45, 7) is -3.77. The van der Waals surface area contributed by atoms with E-state index in [1.807, 2.05) is 0 Å². The van der Waals surface area contributed by atoms with E-state index in [4.69, 9.17) is 10.5 Å². The van der Waals surface area contributed by atoms with Gasteiger partial charge in [0.1, 0.15) is 12.6 Å². The van der Waals surface area contributed by atoms with Crippen LogP contribution in [0.4, 0.5) is 28.9 Å². The van der Waals surface area contributed by atoms with E-state index < -0.39 is 31.5 Å². The minimum Gasteiger partial charge on any atom is -0.433 e. The normalized spacial score (nSPS) is 15.9. The van der Waals surface area contributed by atoms with Crippen molar-refractivity contribution < 1.29 is 36.6 Å². The lowest BCUT2D eigenvalue weighted by atomic mass is 10.2. The van der Waals surface area contributed by atoms with Crippen LogP contribution in [0, 0.1) is 0 Å². The quantitative estimate of drug-likeness (QED) is 0.579. The first-order chi connectivity index (χ1) is 13.7. The van der Waals surface area contributed by atoms with E-state index in [1.165, 1.54) is 30.1 Å². The number of benzene rings is 1. The van der Waals surface area contributed by atoms with Gasteiger partial charge in [0.15, 0.2) is 5.75 Å². The topological polar surface area (TPSA) is 97.1 Å². The summed E-state index contributed by atoms with van der Waals surface area (Å²) in [7, 11) is 1.30. The Balaban J connectivity index is 2.24. The number of likely N-dealkylation sites (N-methyl/N-ethyl adjacent to an activating group) is 1. The van der Waals surface area contributed by atoms with Crippen molar-refractivity contribution in [3.8, 4) is 5.75 Å². The number of halogens is 4. The summed E-state index contributed by atoms with van der Waals surface area (Å²) < 4.78 is 60.3. The van der Waals surface area contributed by atoms with Crippen LogP contribution in [0.2, 0.25) is 0 Å². The van der Waals surface area contributed by atoms with Crippen molar-refractivity contribution in [3.05, 3.63) is 18.2 Å². The SMILES string of the molecule is CN(CC(F)F)[C@H](CN)C(=O)Nc1ccc(N2CCOCC2=O)cc1OC(F)F. The lowest BCUT2D eigenvalue weighted by Crippen LogP contribution is -2.48. The smallest absolute Gasteiger partial charge is 0.387 e. The average molecular weight is 422 g/mol. The lowest BCUT2D eigenvalue weighted by Gasteiger charge is -2.28. The predicted octanol–water partition coefficient (Wildman–Crippen LogP) is 1.11. The second-order valence-corrected chi connectivity index (χ2v) is 6.23. The van der Waals surface area contributed by atoms with E-state index in [0.717, 1.165) is 4.90 Å². The van der Waals surface area contributed by atoms with Gasteiger partial charge in [0.05, 0.1) is 18.8 Å². The zero-order chi connectivity index (χ0) is 21.6. The second kappa shape index (κ2) is 10.4. The zero-order valence-corrected chi connectivity index (χ0v) is 15.6. The van der Waals surface area contributed by atoms with Crippen molar-refractivity contribution in [2.24, 2.45) is 5.73 Å². The van der Waals surface area contributed by atoms with Gasteiger partial charge in [-0.3, -0.25) is 14.5 Å². The van der Waals surface area contributed by atoms with Gasteiger partial charge >= 0.3 is 6.61 Å². The van der Waals surface area contributed by atoms with E-state index >= 15 is 0 Å². The van der Waals surface area contributed by atoms with Crippen molar-refractivity contribution in [1.82, 2.24) is 4.90 Å². The molecule has 1 saturated heterocycles. The summed E-state index contributed by atoms with van der Waals surface area (Å²) in [6.07, 6.45) is -2.68. The first-order valence-corrected chi connectivity index (χ1v) is 8.69. The van der Waals surface area contributed by atoms with Gasteiger partial charge in [-0.15, -0.1) is 0 Å². The molecule has 12 heteroatoms. The first kappa shape index (κ1) is 22.8. The molecule has 0 aliphatic carbocycles. The summed E-state index contributed by atoms with van der Waals surface area (Å²) in [4.78, 5) is 26.8. The molecular formula is C17H22F4N4O4. The molecule has 2 amide bonds. The fourth-order valence-corrected chi connectivity index (χ4v) is 2.81. The molecule has 1 aliphatic heterocycles. The Morgan fingerprint density at radius 2 is 2.10 bits per heavy atom. The highest BCUT2D eigenvalue weighted by Gasteiger charge is 2.26. The molecule has 0 radical (unpaired) electrons. The van der Waals surface area contributed by atoms with Crippen LogP contribution in [0.3, 0.4) is 0 Å². The van der Waals surface area contributed by atoms with Crippen LogP contribution in [-0.2, 0) is 14.3 Å². The van der Waals surface area contributed by atoms with Gasteiger partial charge in [-0.2, -0.15) is 8.78 Å². The summed E-state index contributed by atoms with van der Waals surface area (Å²) in [6, 6.07) is 2.81. The van der Waals surface area contributed by atoms with Crippen LogP contribution in [0.1, 0.15) is 0 Å². The number of amides is 2. The molecule has 3 N–H and O–H groups in total. The van der Waals surface area contributed by atoms with Gasteiger partial charge in [-0.25, -0.2) is 8.78 Å². The maximum atomic E-state index is 12.8. The van der Waals surface area contributed by atoms with Gasteiger partial charge in [0.25, 0.3) is 12.3 Å². The maximum absolute atomic E-state index is 12.8. The third-order valence-electron chi connectivity index (χ3n) is 4.22. The average Bonchev–Trinajstić information content (AvgIpc) is 2.63. The van der Waals surface area contributed by atoms with Crippen LogP contribution < -0.4 is 20.7 Å². The molecule has 0 bridgehead atoms. The molecule has 0 unspecified atom stereocenters. The largest absolute Gasteiger partial charge is 0.433 e. The standard InChI is InChI=1S/C17H22F4N4O4/c1-24(8-14(18)19)12(7-22)16(27)23-11-3-2-10(6-13(11)29-17(20)21)25-4-5-28-9-15(25)26/h2-3,6,12,14,17H,4-5,7-9,22H2,1H3,(H,23,27)/t12-/m1/s1. The van der Waals surface area contributed by atoms with Crippen LogP contribution >= 0.6 is 0 Å². The Labute approximate surface area is 164 Å². The summed E-state index contributed by atoms with van der Waals surface area (Å²) in [5.41, 5.74) is 5.69. The Morgan fingerprint density at radius 1 is 1.38 bits per heavy atom. The summed E-state index contributed by atoms with van der Waals surface area (Å²) in [5.74, 6) is -1.49. The van der Waals surface area contributed by atoms with Gasteiger partial charge in [0.2, 0.25) is 5.91 Å². The van der Waals surface area contributed by atoms with Crippen LogP contribution in [0.5, 0.6) is 5.75 Å². The number of carbonyl (C=O) groups excluding carboxylic acids is 2. The lowest BCUT2D eigenvalue weighted by molar-refractivity contribution is -0.125. The van der Waals surface area contributed by atoms with E-state index in [9.17, 15) is 27.2 Å². The van der Waals surface area contributed by atoms with Crippen LogP contribution in [0.25, 0.3) is 0 Å². The molecule has 1 fully saturated rings. The Morgan fingerprint density at radius 3 is 2.69 bits per heavy atom. The fraction of sp³-hybridized carbons (Fsp3) is 0.529. The van der Waals surface area contributed by atoms with Crippen molar-refractivity contribution >= 4 is 23.2 Å². The highest BCUT2D eigenvalue weighted by atomic mass is 19.3. The van der Waals surface area contributed by atoms with Crippen molar-refractivity contribution in [2.45, 2.75) is 19.1 Å². The number of ether oxygens (including phenoxy) is 2. The number of carbonyl (C=O) groups is 2. The Hall–Kier alpha value is -2.44. The van der Waals surface area contributed by atoms with Gasteiger partial charge in [-0.05, 0) is 19.2 Å². The number of nitrogens with zero attached hydrogens (tertiary/aromatic N) is 2. The molecule has 0 spiro atoms. The van der Waals surface area contributed by atoms with Gasteiger partial charge in [-0.1, -0.05) is 0 Å². The molecule has 1 aromatic carbocycles. The number of nitrogens with one attached hydrogen (secondary N) is 1. The van der Waals surface area contributed by atoms with Gasteiger partial charge < -0.3 is 25.4 Å². The summed E-state index contributed by atoms with van der Waals surface area (Å²) in [5, 5.41) is 2.37. The molecule has 1 aliphatic rings. The Bertz CT molecular complexity index is 723. The molecule has 0 aromatic heterocycles. The summed E-state index contributed by atoms with van der Waals surface area (Å²) >= 11 is 0. The molecular weight excluding hydrogens is 400 g/mol. The van der Waals surface area contributed by atoms with E-state index in [1.54, 1.807) is 0 Å². The van der Waals surface area contributed by atoms with Gasteiger partial charge in [0, 0.05) is 24.8 Å². The minimum absolute atomic E-state index is 0.108. The molecule has 1 atom stereocenters. The number of rotatable bonds is 9. The molecule has 1 heterocycles. The second-order valence-electron chi connectivity index (χ2n) is 6.23. The molecule has 29 heavy (non-hydrogen) atoms. The van der Waals surface area contributed by atoms with Crippen molar-refractivity contribution in [3.63, 3.8) is 0 Å². The number of hydrogen-bond acceptors (Lipinski definition) is 6. The zero-order valence-electron chi connectivity index (χ0n) is 15.6. The molecule has 2 rings (SSSR count). The van der Waals surface area contributed by atoms with Crippen LogP contribution in [0.15, 0.2) is 18.2 Å². The third kappa shape index (κ3) is 6.27. The highest BCUT2D eigenvalue weighted by Crippen LogP contribution is 2.32. The van der Waals surface area contributed by atoms with E-state index in [0.29, 0.717) is 0 Å². The number of hydrogen-bond donors (Lipinski definition) is 2. The maximum Gasteiger partial charge on any atom is 0.387 e. The molecule has 0 saturated carbocycles. The third-order valence-corrected chi connectivity index (χ3v) is 4.22. The van der Waals surface area contributed by atoms with E-state index in [2.05, 4.69) is 10.1 Å². The van der Waals surface area contributed by atoms with Crippen molar-refractivity contribution in [1.29, 1.82) is 0 Å². The van der Waals surface area contributed by atoms with Crippen LogP contribution in [-0.4, -0.2) is 75.7 Å². The Kier molecular flexibility index (Phi) is 8.17. The monoisotopic (exact) mass is 422 g/mol. The molecule has 162 valence electrons. The number of alkyl halides is 4. The predicted molar refractivity (Wildman–Crippen MR) is 96.4 cm³/mol. The number of anilines is 2. The number of nitrogens with two attached hydrogens (primary N) is 1. The highest BCUT2D eigenvalue weighted by molar-refractivity contribution is 5.98. The number of morpholine rings is 1. The molecule has 8 nitrogen and oxygen atoms in total. The molecule has 1 aromatic rings.